The largest absolute Gasteiger partial charge is 0.339 e. The lowest BCUT2D eigenvalue weighted by Crippen LogP contribution is -2.51. The van der Waals surface area contributed by atoms with E-state index in [2.05, 4.69) is 10.6 Å². The third-order valence-electron chi connectivity index (χ3n) is 3.75. The average molecular weight is 268 g/mol. The molecule has 2 heterocycles. The number of carbonyl (C=O) groups excluding carboxylic acids is 2. The van der Waals surface area contributed by atoms with Crippen LogP contribution in [0.1, 0.15) is 25.7 Å². The van der Waals surface area contributed by atoms with Gasteiger partial charge < -0.3 is 20.4 Å². The van der Waals surface area contributed by atoms with E-state index in [9.17, 15) is 9.59 Å². The average Bonchev–Trinajstić information content (AvgIpc) is 2.74. The van der Waals surface area contributed by atoms with Crippen molar-refractivity contribution in [2.45, 2.75) is 25.7 Å². The summed E-state index contributed by atoms with van der Waals surface area (Å²) < 4.78 is 0. The highest BCUT2D eigenvalue weighted by molar-refractivity contribution is 5.84. The molecule has 6 heteroatoms. The van der Waals surface area contributed by atoms with E-state index in [0.29, 0.717) is 0 Å². The number of carbonyl (C=O) groups is 2. The van der Waals surface area contributed by atoms with Crippen LogP contribution < -0.4 is 10.6 Å². The molecule has 2 aliphatic heterocycles. The van der Waals surface area contributed by atoms with E-state index in [1.165, 1.54) is 12.8 Å². The number of piperazine rings is 1. The third-order valence-corrected chi connectivity index (χ3v) is 3.75. The summed E-state index contributed by atoms with van der Waals surface area (Å²) in [5.41, 5.74) is 0. The molecule has 0 saturated carbocycles. The first kappa shape index (κ1) is 14.1. The van der Waals surface area contributed by atoms with E-state index >= 15 is 0 Å². The minimum Gasteiger partial charge on any atom is -0.339 e. The fourth-order valence-corrected chi connectivity index (χ4v) is 2.56. The zero-order chi connectivity index (χ0) is 13.5. The van der Waals surface area contributed by atoms with Gasteiger partial charge >= 0.3 is 6.03 Å². The van der Waals surface area contributed by atoms with Gasteiger partial charge in [0.25, 0.3) is 0 Å². The molecule has 0 aromatic heterocycles. The predicted molar refractivity (Wildman–Crippen MR) is 72.9 cm³/mol. The molecule has 0 radical (unpaired) electrons. The van der Waals surface area contributed by atoms with Crippen molar-refractivity contribution in [2.75, 3.05) is 45.8 Å². The Morgan fingerprint density at radius 3 is 2.16 bits per heavy atom. The molecule has 3 amide bonds. The summed E-state index contributed by atoms with van der Waals surface area (Å²) in [6, 6.07) is -0.0922. The minimum absolute atomic E-state index is 0.0182. The van der Waals surface area contributed by atoms with Crippen molar-refractivity contribution < 1.29 is 9.59 Å². The molecular formula is C13H24N4O2. The Morgan fingerprint density at radius 2 is 1.53 bits per heavy atom. The van der Waals surface area contributed by atoms with Crippen molar-refractivity contribution in [3.8, 4) is 0 Å². The van der Waals surface area contributed by atoms with Gasteiger partial charge in [-0.25, -0.2) is 4.79 Å². The van der Waals surface area contributed by atoms with Crippen molar-refractivity contribution >= 4 is 11.9 Å². The van der Waals surface area contributed by atoms with E-state index < -0.39 is 0 Å². The number of likely N-dealkylation sites (tertiary alicyclic amines) is 1. The normalized spacial score (nSPS) is 20.8. The van der Waals surface area contributed by atoms with Crippen molar-refractivity contribution in [1.29, 1.82) is 0 Å². The Kier molecular flexibility index (Phi) is 5.44. The zero-order valence-electron chi connectivity index (χ0n) is 11.5. The third kappa shape index (κ3) is 4.38. The predicted octanol–water partition coefficient (Wildman–Crippen LogP) is 0.00380. The molecule has 0 aromatic rings. The number of nitrogens with zero attached hydrogens (tertiary/aromatic N) is 2. The molecule has 19 heavy (non-hydrogen) atoms. The van der Waals surface area contributed by atoms with Crippen molar-refractivity contribution in [3.63, 3.8) is 0 Å². The highest BCUT2D eigenvalue weighted by Gasteiger charge is 2.19. The van der Waals surface area contributed by atoms with Gasteiger partial charge in [-0.15, -0.1) is 0 Å². The molecule has 0 atom stereocenters. The lowest BCUT2D eigenvalue weighted by Gasteiger charge is -2.28. The van der Waals surface area contributed by atoms with Crippen molar-refractivity contribution in [3.05, 3.63) is 0 Å². The molecule has 0 spiro atoms. The Labute approximate surface area is 114 Å². The molecule has 0 aliphatic carbocycles. The molecule has 0 unspecified atom stereocenters. The van der Waals surface area contributed by atoms with Gasteiger partial charge in [0.2, 0.25) is 5.91 Å². The minimum atomic E-state index is -0.0922. The van der Waals surface area contributed by atoms with Crippen LogP contribution in [0.2, 0.25) is 0 Å². The van der Waals surface area contributed by atoms with E-state index in [-0.39, 0.29) is 18.5 Å². The van der Waals surface area contributed by atoms with Gasteiger partial charge in [-0.3, -0.25) is 4.79 Å². The smallest absolute Gasteiger partial charge is 0.317 e. The van der Waals surface area contributed by atoms with Crippen LogP contribution in [-0.4, -0.2) is 67.6 Å². The summed E-state index contributed by atoms with van der Waals surface area (Å²) in [7, 11) is 0. The van der Waals surface area contributed by atoms with Gasteiger partial charge in [-0.1, -0.05) is 12.8 Å². The Balaban J connectivity index is 1.71. The number of urea groups is 1. The number of amides is 3. The maximum absolute atomic E-state index is 12.0. The fraction of sp³-hybridized carbons (Fsp3) is 0.846. The Bertz CT molecular complexity index is 308. The summed E-state index contributed by atoms with van der Waals surface area (Å²) in [4.78, 5) is 27.5. The molecule has 6 nitrogen and oxygen atoms in total. The summed E-state index contributed by atoms with van der Waals surface area (Å²) in [5, 5.41) is 5.96. The quantitative estimate of drug-likeness (QED) is 0.741. The van der Waals surface area contributed by atoms with Crippen LogP contribution in [0.15, 0.2) is 0 Å². The van der Waals surface area contributed by atoms with E-state index in [4.69, 9.17) is 0 Å². The van der Waals surface area contributed by atoms with Gasteiger partial charge in [0.05, 0.1) is 6.54 Å². The van der Waals surface area contributed by atoms with Crippen LogP contribution in [0.5, 0.6) is 0 Å². The SMILES string of the molecule is O=C(CNC(=O)N1CCCCCC1)N1CCNCC1. The van der Waals surface area contributed by atoms with Crippen molar-refractivity contribution in [1.82, 2.24) is 20.4 Å². The molecule has 2 rings (SSSR count). The van der Waals surface area contributed by atoms with E-state index in [1.54, 1.807) is 4.90 Å². The van der Waals surface area contributed by atoms with Crippen molar-refractivity contribution in [2.24, 2.45) is 0 Å². The Hall–Kier alpha value is -1.30. The number of nitrogens with one attached hydrogen (secondary N) is 2. The highest BCUT2D eigenvalue weighted by atomic mass is 16.2. The second kappa shape index (κ2) is 7.33. The maximum Gasteiger partial charge on any atom is 0.317 e. The summed E-state index contributed by atoms with van der Waals surface area (Å²) in [6.45, 7) is 4.89. The summed E-state index contributed by atoms with van der Waals surface area (Å²) >= 11 is 0. The fourth-order valence-electron chi connectivity index (χ4n) is 2.56. The first-order valence-electron chi connectivity index (χ1n) is 7.28. The summed E-state index contributed by atoms with van der Waals surface area (Å²) in [6.07, 6.45) is 4.53. The van der Waals surface area contributed by atoms with Gasteiger partial charge in [-0.05, 0) is 12.8 Å². The molecule has 108 valence electrons. The molecule has 0 aromatic carbocycles. The van der Waals surface area contributed by atoms with Crippen LogP contribution in [-0.2, 0) is 4.79 Å². The molecule has 2 fully saturated rings. The standard InChI is InChI=1S/C13H24N4O2/c18-12(16-9-5-14-6-10-16)11-15-13(19)17-7-3-1-2-4-8-17/h14H,1-11H2,(H,15,19). The number of hydrogen-bond acceptors (Lipinski definition) is 3. The second-order valence-electron chi connectivity index (χ2n) is 5.19. The van der Waals surface area contributed by atoms with E-state index in [0.717, 1.165) is 52.1 Å². The molecule has 2 N–H and O–H groups in total. The van der Waals surface area contributed by atoms with E-state index in [1.807, 2.05) is 4.90 Å². The monoisotopic (exact) mass is 268 g/mol. The lowest BCUT2D eigenvalue weighted by molar-refractivity contribution is -0.130. The first-order chi connectivity index (χ1) is 9.27. The Morgan fingerprint density at radius 1 is 0.895 bits per heavy atom. The topological polar surface area (TPSA) is 64.7 Å². The van der Waals surface area contributed by atoms with Crippen LogP contribution in [0.4, 0.5) is 4.79 Å². The molecule has 0 bridgehead atoms. The number of hydrogen-bond donors (Lipinski definition) is 2. The first-order valence-corrected chi connectivity index (χ1v) is 7.28. The molecule has 2 saturated heterocycles. The lowest BCUT2D eigenvalue weighted by atomic mass is 10.2. The highest BCUT2D eigenvalue weighted by Crippen LogP contribution is 2.09. The van der Waals surface area contributed by atoms with Crippen LogP contribution in [0.3, 0.4) is 0 Å². The van der Waals surface area contributed by atoms with Gasteiger partial charge in [-0.2, -0.15) is 0 Å². The number of rotatable bonds is 2. The van der Waals surface area contributed by atoms with Crippen LogP contribution in [0, 0.1) is 0 Å². The molecule has 2 aliphatic rings. The molecular weight excluding hydrogens is 244 g/mol. The second-order valence-corrected chi connectivity index (χ2v) is 5.19. The van der Waals surface area contributed by atoms with Gasteiger partial charge in [0, 0.05) is 39.3 Å². The summed E-state index contributed by atoms with van der Waals surface area (Å²) in [5.74, 6) is 0.0182. The van der Waals surface area contributed by atoms with Gasteiger partial charge in [0.15, 0.2) is 0 Å². The zero-order valence-corrected chi connectivity index (χ0v) is 11.5. The van der Waals surface area contributed by atoms with Gasteiger partial charge in [0.1, 0.15) is 0 Å². The van der Waals surface area contributed by atoms with Crippen LogP contribution in [0.25, 0.3) is 0 Å². The maximum atomic E-state index is 12.0. The van der Waals surface area contributed by atoms with Crippen LogP contribution >= 0.6 is 0 Å².